The van der Waals surface area contributed by atoms with E-state index in [1.54, 1.807) is 14.2 Å². The van der Waals surface area contributed by atoms with E-state index in [0.29, 0.717) is 0 Å². The first-order valence-electron chi connectivity index (χ1n) is 5.77. The summed E-state index contributed by atoms with van der Waals surface area (Å²) in [5, 5.41) is 0. The van der Waals surface area contributed by atoms with Crippen LogP contribution in [0.5, 0.6) is 11.5 Å². The van der Waals surface area contributed by atoms with E-state index >= 15 is 0 Å². The van der Waals surface area contributed by atoms with Crippen molar-refractivity contribution in [3.05, 3.63) is 35.3 Å². The average Bonchev–Trinajstić information content (AvgIpc) is 2.77. The maximum absolute atomic E-state index is 5.32. The summed E-state index contributed by atoms with van der Waals surface area (Å²) < 4.78 is 10.6. The molecule has 0 saturated heterocycles. The Balaban J connectivity index is 2.15. The fourth-order valence-corrected chi connectivity index (χ4v) is 2.14. The standard InChI is InChI=1S/C14H14N2O2/c1-17-12-7-10-3-5-16-6-4-15-14(16)9-11(10)8-13(12)18-2/h3-5,7-9H,6H2,1-2H3. The molecular formula is C14H14N2O2. The van der Waals surface area contributed by atoms with Crippen LogP contribution in [0, 0.1) is 0 Å². The lowest BCUT2D eigenvalue weighted by Gasteiger charge is -2.10. The molecule has 0 bridgehead atoms. The molecule has 0 saturated carbocycles. The summed E-state index contributed by atoms with van der Waals surface area (Å²) in [6, 6.07) is 3.95. The van der Waals surface area contributed by atoms with Gasteiger partial charge in [0.05, 0.1) is 20.8 Å². The molecule has 0 N–H and O–H groups in total. The molecule has 0 radical (unpaired) electrons. The van der Waals surface area contributed by atoms with Crippen LogP contribution < -0.4 is 9.47 Å². The van der Waals surface area contributed by atoms with Crippen molar-refractivity contribution in [3.63, 3.8) is 0 Å². The smallest absolute Gasteiger partial charge is 0.161 e. The van der Waals surface area contributed by atoms with Crippen molar-refractivity contribution in [1.82, 2.24) is 4.90 Å². The number of aliphatic imine (C=N–C) groups is 1. The molecule has 0 atom stereocenters. The second-order valence-electron chi connectivity index (χ2n) is 4.12. The van der Waals surface area contributed by atoms with Crippen LogP contribution in [0.1, 0.15) is 11.1 Å². The van der Waals surface area contributed by atoms with Gasteiger partial charge >= 0.3 is 0 Å². The van der Waals surface area contributed by atoms with Crippen molar-refractivity contribution >= 4 is 18.4 Å². The molecule has 92 valence electrons. The SMILES string of the molecule is COc1cc2c(cc1OC)C=C1N=CCN1C=C2. The summed E-state index contributed by atoms with van der Waals surface area (Å²) in [7, 11) is 3.29. The van der Waals surface area contributed by atoms with Crippen LogP contribution >= 0.6 is 0 Å². The zero-order chi connectivity index (χ0) is 12.5. The lowest BCUT2D eigenvalue weighted by Crippen LogP contribution is -2.09. The molecule has 3 rings (SSSR count). The van der Waals surface area contributed by atoms with Crippen LogP contribution in [-0.2, 0) is 0 Å². The van der Waals surface area contributed by atoms with Crippen molar-refractivity contribution < 1.29 is 9.47 Å². The zero-order valence-corrected chi connectivity index (χ0v) is 10.4. The normalized spacial score (nSPS) is 15.9. The largest absolute Gasteiger partial charge is 0.493 e. The molecule has 0 spiro atoms. The van der Waals surface area contributed by atoms with E-state index in [2.05, 4.69) is 22.0 Å². The fraction of sp³-hybridized carbons (Fsp3) is 0.214. The molecule has 4 nitrogen and oxygen atoms in total. The van der Waals surface area contributed by atoms with Crippen LogP contribution in [0.2, 0.25) is 0 Å². The van der Waals surface area contributed by atoms with E-state index < -0.39 is 0 Å². The van der Waals surface area contributed by atoms with Gasteiger partial charge in [0.25, 0.3) is 0 Å². The summed E-state index contributed by atoms with van der Waals surface area (Å²) in [4.78, 5) is 6.45. The number of ether oxygens (including phenoxy) is 2. The molecule has 4 heteroatoms. The lowest BCUT2D eigenvalue weighted by molar-refractivity contribution is 0.355. The van der Waals surface area contributed by atoms with Crippen LogP contribution in [-0.4, -0.2) is 31.9 Å². The van der Waals surface area contributed by atoms with Gasteiger partial charge in [-0.25, -0.2) is 4.99 Å². The van der Waals surface area contributed by atoms with Gasteiger partial charge in [0.1, 0.15) is 5.82 Å². The Morgan fingerprint density at radius 2 is 1.83 bits per heavy atom. The molecule has 0 aliphatic carbocycles. The molecule has 1 aromatic carbocycles. The number of fused-ring (bicyclic) bond motifs is 2. The van der Waals surface area contributed by atoms with Gasteiger partial charge < -0.3 is 14.4 Å². The second kappa shape index (κ2) is 4.22. The molecular weight excluding hydrogens is 228 g/mol. The summed E-state index contributed by atoms with van der Waals surface area (Å²) in [6.07, 6.45) is 8.06. The molecule has 2 heterocycles. The summed E-state index contributed by atoms with van der Waals surface area (Å²) in [5.41, 5.74) is 2.19. The number of benzene rings is 1. The first-order chi connectivity index (χ1) is 8.81. The Hall–Kier alpha value is -2.23. The van der Waals surface area contributed by atoms with E-state index in [-0.39, 0.29) is 0 Å². The highest BCUT2D eigenvalue weighted by atomic mass is 16.5. The van der Waals surface area contributed by atoms with Gasteiger partial charge in [-0.1, -0.05) is 0 Å². The lowest BCUT2D eigenvalue weighted by atomic mass is 10.1. The van der Waals surface area contributed by atoms with Crippen molar-refractivity contribution in [2.75, 3.05) is 20.8 Å². The zero-order valence-electron chi connectivity index (χ0n) is 10.4. The number of rotatable bonds is 2. The first-order valence-corrected chi connectivity index (χ1v) is 5.77. The topological polar surface area (TPSA) is 34.1 Å². The maximum Gasteiger partial charge on any atom is 0.161 e. The Morgan fingerprint density at radius 3 is 2.56 bits per heavy atom. The Bertz CT molecular complexity index is 573. The van der Waals surface area contributed by atoms with Gasteiger partial charge in [-0.05, 0) is 35.4 Å². The molecule has 0 unspecified atom stereocenters. The van der Waals surface area contributed by atoms with Gasteiger partial charge in [-0.15, -0.1) is 0 Å². The molecule has 2 aliphatic heterocycles. The molecule has 1 aromatic rings. The van der Waals surface area contributed by atoms with Gasteiger partial charge in [0.2, 0.25) is 0 Å². The van der Waals surface area contributed by atoms with Gasteiger partial charge in [0.15, 0.2) is 11.5 Å². The van der Waals surface area contributed by atoms with Crippen LogP contribution in [0.3, 0.4) is 0 Å². The summed E-state index contributed by atoms with van der Waals surface area (Å²) in [6.45, 7) is 0.824. The van der Waals surface area contributed by atoms with E-state index in [9.17, 15) is 0 Å². The van der Waals surface area contributed by atoms with Crippen LogP contribution in [0.25, 0.3) is 12.2 Å². The molecule has 0 amide bonds. The predicted molar refractivity (Wildman–Crippen MR) is 71.8 cm³/mol. The van der Waals surface area contributed by atoms with Gasteiger partial charge in [0, 0.05) is 12.4 Å². The van der Waals surface area contributed by atoms with E-state index in [0.717, 1.165) is 35.0 Å². The molecule has 0 fully saturated rings. The third-order valence-electron chi connectivity index (χ3n) is 3.10. The highest BCUT2D eigenvalue weighted by Gasteiger charge is 2.16. The number of methoxy groups -OCH3 is 2. The Kier molecular flexibility index (Phi) is 2.55. The number of hydrogen-bond donors (Lipinski definition) is 0. The molecule has 18 heavy (non-hydrogen) atoms. The summed E-state index contributed by atoms with van der Waals surface area (Å²) >= 11 is 0. The van der Waals surface area contributed by atoms with Gasteiger partial charge in [-0.3, -0.25) is 0 Å². The minimum Gasteiger partial charge on any atom is -0.493 e. The monoisotopic (exact) mass is 242 g/mol. The Morgan fingerprint density at radius 1 is 1.11 bits per heavy atom. The second-order valence-corrected chi connectivity index (χ2v) is 4.12. The predicted octanol–water partition coefficient (Wildman–Crippen LogP) is 2.37. The molecule has 2 aliphatic rings. The van der Waals surface area contributed by atoms with E-state index in [1.165, 1.54) is 0 Å². The minimum atomic E-state index is 0.733. The molecule has 0 aromatic heterocycles. The minimum absolute atomic E-state index is 0.733. The van der Waals surface area contributed by atoms with Crippen molar-refractivity contribution in [2.45, 2.75) is 0 Å². The highest BCUT2D eigenvalue weighted by molar-refractivity contribution is 5.76. The van der Waals surface area contributed by atoms with Gasteiger partial charge in [-0.2, -0.15) is 0 Å². The first kappa shape index (κ1) is 10.9. The third kappa shape index (κ3) is 1.66. The number of nitrogens with zero attached hydrogens (tertiary/aromatic N) is 2. The maximum atomic E-state index is 5.32. The van der Waals surface area contributed by atoms with Crippen molar-refractivity contribution in [1.29, 1.82) is 0 Å². The van der Waals surface area contributed by atoms with E-state index in [1.807, 2.05) is 24.5 Å². The number of hydrogen-bond acceptors (Lipinski definition) is 4. The average molecular weight is 242 g/mol. The van der Waals surface area contributed by atoms with Crippen LogP contribution in [0.4, 0.5) is 0 Å². The third-order valence-corrected chi connectivity index (χ3v) is 3.10. The Labute approximate surface area is 106 Å². The van der Waals surface area contributed by atoms with Crippen molar-refractivity contribution in [3.8, 4) is 11.5 Å². The van der Waals surface area contributed by atoms with E-state index in [4.69, 9.17) is 9.47 Å². The quantitative estimate of drug-likeness (QED) is 0.798. The van der Waals surface area contributed by atoms with Crippen molar-refractivity contribution in [2.24, 2.45) is 4.99 Å². The highest BCUT2D eigenvalue weighted by Crippen LogP contribution is 2.34. The summed E-state index contributed by atoms with van der Waals surface area (Å²) in [5.74, 6) is 2.43. The fourth-order valence-electron chi connectivity index (χ4n) is 2.14. The van der Waals surface area contributed by atoms with Crippen LogP contribution in [0.15, 0.2) is 29.1 Å².